The van der Waals surface area contributed by atoms with Gasteiger partial charge < -0.3 is 4.90 Å². The highest BCUT2D eigenvalue weighted by Crippen LogP contribution is 2.67. The van der Waals surface area contributed by atoms with Crippen molar-refractivity contribution in [3.8, 4) is 11.1 Å². The Labute approximate surface area is 319 Å². The van der Waals surface area contributed by atoms with E-state index in [9.17, 15) is 0 Å². The third kappa shape index (κ3) is 4.22. The quantitative estimate of drug-likeness (QED) is 0.155. The molecule has 0 radical (unpaired) electrons. The van der Waals surface area contributed by atoms with Crippen LogP contribution in [0.5, 0.6) is 0 Å². The molecular formula is C51H56BN. The number of benzene rings is 5. The Kier molecular flexibility index (Phi) is 6.57. The second kappa shape index (κ2) is 10.4. The van der Waals surface area contributed by atoms with Crippen LogP contribution in [0.3, 0.4) is 0 Å². The fraction of sp³-hybridized carbons (Fsp3) is 0.412. The first-order valence-corrected chi connectivity index (χ1v) is 20.5. The van der Waals surface area contributed by atoms with Crippen molar-refractivity contribution in [3.05, 3.63) is 129 Å². The topological polar surface area (TPSA) is 3.24 Å². The molecular weight excluding hydrogens is 637 g/mol. The third-order valence-corrected chi connectivity index (χ3v) is 15.2. The monoisotopic (exact) mass is 693 g/mol. The molecule has 0 aromatic heterocycles. The third-order valence-electron chi connectivity index (χ3n) is 15.2. The van der Waals surface area contributed by atoms with E-state index in [1.165, 1.54) is 87.2 Å². The maximum Gasteiger partial charge on any atom is 0.247 e. The summed E-state index contributed by atoms with van der Waals surface area (Å²) in [4.78, 5) is 2.68. The van der Waals surface area contributed by atoms with E-state index in [1.54, 1.807) is 27.6 Å². The Balaban J connectivity index is 1.30. The van der Waals surface area contributed by atoms with E-state index in [1.807, 2.05) is 0 Å². The van der Waals surface area contributed by atoms with Gasteiger partial charge in [0.05, 0.1) is 0 Å². The zero-order chi connectivity index (χ0) is 37.2. The lowest BCUT2D eigenvalue weighted by molar-refractivity contribution is 0.0925. The van der Waals surface area contributed by atoms with Crippen LogP contribution in [0.15, 0.2) is 84.9 Å². The van der Waals surface area contributed by atoms with Crippen molar-refractivity contribution in [1.82, 2.24) is 0 Å². The molecule has 53 heavy (non-hydrogen) atoms. The SMILES string of the molecule is Cc1cc2c3c(c1)N(c1ccc4c(c1)C(C)(C)c1ccccc1-4)c1cc(C(C)(C)C)ccc1B3c1cc(C(C)(C)C)cc3c1C2C1(C)CCCCC31C. The molecule has 3 atom stereocenters. The lowest BCUT2D eigenvalue weighted by Gasteiger charge is -2.51. The van der Waals surface area contributed by atoms with Gasteiger partial charge in [0.2, 0.25) is 6.71 Å². The van der Waals surface area contributed by atoms with Crippen LogP contribution in [0.25, 0.3) is 11.1 Å². The van der Waals surface area contributed by atoms with Crippen LogP contribution < -0.4 is 21.3 Å². The summed E-state index contributed by atoms with van der Waals surface area (Å²) in [6, 6.07) is 34.4. The van der Waals surface area contributed by atoms with Crippen LogP contribution in [0.1, 0.15) is 145 Å². The maximum absolute atomic E-state index is 2.68. The van der Waals surface area contributed by atoms with Crippen LogP contribution in [0, 0.1) is 12.3 Å². The molecule has 1 saturated carbocycles. The van der Waals surface area contributed by atoms with E-state index in [0.717, 1.165) is 0 Å². The van der Waals surface area contributed by atoms with E-state index in [0.29, 0.717) is 5.92 Å². The van der Waals surface area contributed by atoms with Gasteiger partial charge in [0.25, 0.3) is 0 Å². The average Bonchev–Trinajstić information content (AvgIpc) is 3.46. The van der Waals surface area contributed by atoms with Gasteiger partial charge in [-0.15, -0.1) is 0 Å². The van der Waals surface area contributed by atoms with Crippen LogP contribution in [-0.2, 0) is 21.7 Å². The predicted octanol–water partition coefficient (Wildman–Crippen LogP) is 11.5. The van der Waals surface area contributed by atoms with Crippen molar-refractivity contribution in [2.45, 2.75) is 129 Å². The van der Waals surface area contributed by atoms with Crippen LogP contribution in [0.2, 0.25) is 0 Å². The highest BCUT2D eigenvalue weighted by Gasteiger charge is 2.62. The molecule has 10 rings (SSSR count). The Hall–Kier alpha value is -4.04. The first kappa shape index (κ1) is 33.5. The van der Waals surface area contributed by atoms with E-state index < -0.39 is 0 Å². The van der Waals surface area contributed by atoms with Crippen molar-refractivity contribution >= 4 is 40.2 Å². The molecule has 2 aliphatic heterocycles. The largest absolute Gasteiger partial charge is 0.311 e. The maximum atomic E-state index is 2.68. The van der Waals surface area contributed by atoms with Crippen LogP contribution in [0.4, 0.5) is 17.1 Å². The molecule has 5 aromatic rings. The van der Waals surface area contributed by atoms with E-state index in [-0.39, 0.29) is 33.8 Å². The molecule has 0 N–H and O–H groups in total. The lowest BCUT2D eigenvalue weighted by atomic mass is 9.30. The second-order valence-corrected chi connectivity index (χ2v) is 20.6. The predicted molar refractivity (Wildman–Crippen MR) is 228 cm³/mol. The molecule has 0 bridgehead atoms. The van der Waals surface area contributed by atoms with Crippen molar-refractivity contribution < 1.29 is 0 Å². The van der Waals surface area contributed by atoms with Gasteiger partial charge in [0.15, 0.2) is 0 Å². The second-order valence-electron chi connectivity index (χ2n) is 20.6. The first-order chi connectivity index (χ1) is 24.9. The Morgan fingerprint density at radius 1 is 0.642 bits per heavy atom. The summed E-state index contributed by atoms with van der Waals surface area (Å²) in [6.45, 7) is 27.1. The molecule has 0 amide bonds. The molecule has 1 nitrogen and oxygen atoms in total. The Morgan fingerprint density at radius 3 is 2.11 bits per heavy atom. The van der Waals surface area contributed by atoms with E-state index in [4.69, 9.17) is 0 Å². The fourth-order valence-electron chi connectivity index (χ4n) is 12.1. The number of hydrogen-bond donors (Lipinski definition) is 0. The van der Waals surface area contributed by atoms with Gasteiger partial charge in [-0.2, -0.15) is 0 Å². The Morgan fingerprint density at radius 2 is 1.36 bits per heavy atom. The standard InChI is InChI=1S/C51H56BN/c1-30-24-36-45-44-39(50(10)22-14-15-23-51(45,50)11)26-32(48(5,6)7)27-41(44)52-40-21-18-31(47(2,3)4)28-42(40)53(43(25-30)46(36)52)33-19-20-35-34-16-12-13-17-37(34)49(8,9)38(35)29-33/h12-13,16-21,24-29,45H,14-15,22-23H2,1-11H3. The summed E-state index contributed by atoms with van der Waals surface area (Å²) >= 11 is 0. The minimum absolute atomic E-state index is 0.0320. The molecule has 0 saturated heterocycles. The molecule has 3 unspecified atom stereocenters. The molecule has 2 heterocycles. The smallest absolute Gasteiger partial charge is 0.247 e. The summed E-state index contributed by atoms with van der Waals surface area (Å²) < 4.78 is 0. The van der Waals surface area contributed by atoms with Gasteiger partial charge >= 0.3 is 0 Å². The van der Waals surface area contributed by atoms with Crippen molar-refractivity contribution in [2.75, 3.05) is 4.90 Å². The van der Waals surface area contributed by atoms with Crippen LogP contribution >= 0.6 is 0 Å². The van der Waals surface area contributed by atoms with Gasteiger partial charge in [0, 0.05) is 28.4 Å². The molecule has 1 fully saturated rings. The van der Waals surface area contributed by atoms with E-state index in [2.05, 4.69) is 166 Å². The fourth-order valence-corrected chi connectivity index (χ4v) is 12.1. The molecule has 5 aromatic carbocycles. The van der Waals surface area contributed by atoms with Gasteiger partial charge in [-0.3, -0.25) is 0 Å². The highest BCUT2D eigenvalue weighted by atomic mass is 15.2. The number of aryl methyl sites for hydroxylation is 1. The molecule has 268 valence electrons. The summed E-state index contributed by atoms with van der Waals surface area (Å²) in [7, 11) is 0. The van der Waals surface area contributed by atoms with Gasteiger partial charge in [-0.1, -0.05) is 148 Å². The summed E-state index contributed by atoms with van der Waals surface area (Å²) in [5.41, 5.74) is 23.8. The first-order valence-electron chi connectivity index (χ1n) is 20.5. The molecule has 2 heteroatoms. The molecule has 3 aliphatic carbocycles. The van der Waals surface area contributed by atoms with Gasteiger partial charge in [0.1, 0.15) is 0 Å². The Bertz CT molecular complexity index is 2410. The lowest BCUT2D eigenvalue weighted by Crippen LogP contribution is -2.62. The van der Waals surface area contributed by atoms with Crippen LogP contribution in [-0.4, -0.2) is 6.71 Å². The van der Waals surface area contributed by atoms with E-state index >= 15 is 0 Å². The molecule has 0 spiro atoms. The van der Waals surface area contributed by atoms with Crippen molar-refractivity contribution in [1.29, 1.82) is 0 Å². The van der Waals surface area contributed by atoms with Crippen molar-refractivity contribution in [2.24, 2.45) is 5.41 Å². The molecule has 5 aliphatic rings. The zero-order valence-electron chi connectivity index (χ0n) is 34.0. The number of nitrogens with zero attached hydrogens (tertiary/aromatic N) is 1. The normalized spacial score (nSPS) is 24.2. The summed E-state index contributed by atoms with van der Waals surface area (Å²) in [6.07, 6.45) is 5.22. The highest BCUT2D eigenvalue weighted by molar-refractivity contribution is 6.99. The number of fused-ring (bicyclic) bond motifs is 10. The number of hydrogen-bond acceptors (Lipinski definition) is 1. The number of rotatable bonds is 1. The minimum Gasteiger partial charge on any atom is -0.311 e. The summed E-state index contributed by atoms with van der Waals surface area (Å²) in [5.74, 6) is 0.405. The summed E-state index contributed by atoms with van der Waals surface area (Å²) in [5, 5.41) is 0. The van der Waals surface area contributed by atoms with Gasteiger partial charge in [-0.05, 0) is 132 Å². The van der Waals surface area contributed by atoms with Gasteiger partial charge in [-0.25, -0.2) is 0 Å². The average molecular weight is 694 g/mol. The zero-order valence-corrected chi connectivity index (χ0v) is 34.0. The minimum atomic E-state index is -0.0645. The number of anilines is 3. The van der Waals surface area contributed by atoms with Crippen molar-refractivity contribution in [3.63, 3.8) is 0 Å².